The highest BCUT2D eigenvalue weighted by Gasteiger charge is 2.42. The number of piperazine rings is 1. The van der Waals surface area contributed by atoms with Crippen molar-refractivity contribution in [1.29, 1.82) is 0 Å². The number of hydrogen-bond acceptors (Lipinski definition) is 4. The third-order valence-electron chi connectivity index (χ3n) is 3.83. The lowest BCUT2D eigenvalue weighted by atomic mass is 9.97. The Kier molecular flexibility index (Phi) is 4.98. The molecule has 2 heterocycles. The molecule has 6 heteroatoms. The molecular weight excluding hydrogens is 286 g/mol. The van der Waals surface area contributed by atoms with Crippen molar-refractivity contribution in [1.82, 2.24) is 15.2 Å². The van der Waals surface area contributed by atoms with Gasteiger partial charge < -0.3 is 10.2 Å². The highest BCUT2D eigenvalue weighted by atomic mass is 32.1. The second-order valence-electron chi connectivity index (χ2n) is 5.91. The molecule has 1 aromatic heterocycles. The molecule has 5 nitrogen and oxygen atoms in total. The smallest absolute Gasteiger partial charge is 0.246 e. The van der Waals surface area contributed by atoms with Crippen molar-refractivity contribution in [2.24, 2.45) is 5.92 Å². The van der Waals surface area contributed by atoms with Crippen LogP contribution in [0.25, 0.3) is 0 Å². The lowest BCUT2D eigenvalue weighted by Gasteiger charge is -2.41. The van der Waals surface area contributed by atoms with E-state index in [1.165, 1.54) is 11.3 Å². The summed E-state index contributed by atoms with van der Waals surface area (Å²) < 4.78 is 0. The monoisotopic (exact) mass is 309 g/mol. The van der Waals surface area contributed by atoms with Gasteiger partial charge in [-0.3, -0.25) is 9.59 Å². The minimum atomic E-state index is -0.449. The zero-order chi connectivity index (χ0) is 15.6. The molecule has 3 unspecified atom stereocenters. The minimum Gasteiger partial charge on any atom is -0.343 e. The number of thiazole rings is 1. The molecule has 0 saturated carbocycles. The third-order valence-corrected chi connectivity index (χ3v) is 4.71. The van der Waals surface area contributed by atoms with Crippen LogP contribution in [-0.2, 0) is 9.59 Å². The van der Waals surface area contributed by atoms with Crippen LogP contribution < -0.4 is 5.32 Å². The molecule has 1 aliphatic rings. The van der Waals surface area contributed by atoms with Crippen molar-refractivity contribution in [2.45, 2.75) is 58.7 Å². The number of aromatic nitrogens is 1. The molecule has 0 aromatic carbocycles. The van der Waals surface area contributed by atoms with E-state index >= 15 is 0 Å². The second kappa shape index (κ2) is 6.56. The summed E-state index contributed by atoms with van der Waals surface area (Å²) in [6.07, 6.45) is 3.17. The Morgan fingerprint density at radius 3 is 2.67 bits per heavy atom. The van der Waals surface area contributed by atoms with Crippen LogP contribution in [0.2, 0.25) is 0 Å². The van der Waals surface area contributed by atoms with E-state index < -0.39 is 12.1 Å². The molecule has 0 radical (unpaired) electrons. The summed E-state index contributed by atoms with van der Waals surface area (Å²) in [6.45, 7) is 7.92. The average Bonchev–Trinajstić information content (AvgIpc) is 2.94. The molecule has 1 N–H and O–H groups in total. The maximum Gasteiger partial charge on any atom is 0.246 e. The summed E-state index contributed by atoms with van der Waals surface area (Å²) in [5, 5.41) is 5.66. The molecule has 1 aromatic rings. The Balaban J connectivity index is 2.29. The molecule has 0 spiro atoms. The molecule has 1 aliphatic heterocycles. The number of rotatable bonds is 5. The first-order chi connectivity index (χ1) is 9.95. The van der Waals surface area contributed by atoms with Crippen LogP contribution in [-0.4, -0.2) is 33.8 Å². The lowest BCUT2D eigenvalue weighted by Crippen LogP contribution is -2.63. The summed E-state index contributed by atoms with van der Waals surface area (Å²) in [7, 11) is 0. The van der Waals surface area contributed by atoms with Crippen molar-refractivity contribution in [3.63, 3.8) is 0 Å². The molecule has 116 valence electrons. The zero-order valence-corrected chi connectivity index (χ0v) is 13.8. The van der Waals surface area contributed by atoms with E-state index in [4.69, 9.17) is 0 Å². The normalized spacial score (nSPS) is 24.3. The van der Waals surface area contributed by atoms with E-state index in [0.29, 0.717) is 12.3 Å². The Bertz CT molecular complexity index is 501. The van der Waals surface area contributed by atoms with Gasteiger partial charge in [-0.1, -0.05) is 20.8 Å². The van der Waals surface area contributed by atoms with E-state index in [2.05, 4.69) is 24.1 Å². The summed E-state index contributed by atoms with van der Waals surface area (Å²) in [5.74, 6) is 0.294. The molecule has 0 aliphatic carbocycles. The minimum absolute atomic E-state index is 0.0119. The zero-order valence-electron chi connectivity index (χ0n) is 13.0. The maximum atomic E-state index is 12.8. The van der Waals surface area contributed by atoms with Crippen LogP contribution in [0, 0.1) is 5.92 Å². The van der Waals surface area contributed by atoms with Crippen LogP contribution in [0.15, 0.2) is 11.6 Å². The van der Waals surface area contributed by atoms with Gasteiger partial charge in [0.1, 0.15) is 17.1 Å². The van der Waals surface area contributed by atoms with Gasteiger partial charge >= 0.3 is 0 Å². The molecular formula is C15H23N3O2S. The van der Waals surface area contributed by atoms with Crippen LogP contribution in [0.4, 0.5) is 0 Å². The van der Waals surface area contributed by atoms with Crippen molar-refractivity contribution in [2.75, 3.05) is 0 Å². The number of carbonyl (C=O) groups is 2. The number of nitrogens with one attached hydrogen (secondary N) is 1. The number of carbonyl (C=O) groups excluding carboxylic acids is 2. The van der Waals surface area contributed by atoms with Gasteiger partial charge in [-0.05, 0) is 25.7 Å². The predicted molar refractivity (Wildman–Crippen MR) is 82.8 cm³/mol. The average molecular weight is 309 g/mol. The van der Waals surface area contributed by atoms with Crippen molar-refractivity contribution >= 4 is 23.2 Å². The number of amides is 2. The Hall–Kier alpha value is -1.43. The first-order valence-corrected chi connectivity index (χ1v) is 8.35. The summed E-state index contributed by atoms with van der Waals surface area (Å²) >= 11 is 1.53. The van der Waals surface area contributed by atoms with Gasteiger partial charge in [0.2, 0.25) is 11.8 Å². The Morgan fingerprint density at radius 2 is 2.14 bits per heavy atom. The summed E-state index contributed by atoms with van der Waals surface area (Å²) in [5.41, 5.74) is 0. The molecule has 21 heavy (non-hydrogen) atoms. The van der Waals surface area contributed by atoms with Gasteiger partial charge in [-0.25, -0.2) is 4.98 Å². The first-order valence-electron chi connectivity index (χ1n) is 7.47. The highest BCUT2D eigenvalue weighted by Crippen LogP contribution is 2.31. The predicted octanol–water partition coefficient (Wildman–Crippen LogP) is 2.36. The lowest BCUT2D eigenvalue weighted by molar-refractivity contribution is -0.152. The van der Waals surface area contributed by atoms with Gasteiger partial charge in [-0.15, -0.1) is 11.3 Å². The number of nitrogens with zero attached hydrogens (tertiary/aromatic N) is 2. The van der Waals surface area contributed by atoms with Crippen molar-refractivity contribution < 1.29 is 9.59 Å². The summed E-state index contributed by atoms with van der Waals surface area (Å²) in [6, 6.07) is -0.981. The molecule has 0 bridgehead atoms. The van der Waals surface area contributed by atoms with Crippen LogP contribution >= 0.6 is 11.3 Å². The molecule has 2 amide bonds. The van der Waals surface area contributed by atoms with Gasteiger partial charge in [0, 0.05) is 11.6 Å². The molecule has 3 atom stereocenters. The fourth-order valence-electron chi connectivity index (χ4n) is 2.80. The standard InChI is InChI=1S/C15H23N3O2S/c1-5-12(14-16-6-7-21-14)18-10(4)13(19)17-11(15(18)20)8-9(2)3/h6-7,9-12H,5,8H2,1-4H3,(H,17,19). The fraction of sp³-hybridized carbons (Fsp3) is 0.667. The van der Waals surface area contributed by atoms with E-state index in [0.717, 1.165) is 11.4 Å². The highest BCUT2D eigenvalue weighted by molar-refractivity contribution is 7.09. The Labute approximate surface area is 129 Å². The van der Waals surface area contributed by atoms with Gasteiger partial charge in [0.15, 0.2) is 0 Å². The van der Waals surface area contributed by atoms with Crippen LogP contribution in [0.3, 0.4) is 0 Å². The quantitative estimate of drug-likeness (QED) is 0.908. The van der Waals surface area contributed by atoms with E-state index in [1.807, 2.05) is 12.3 Å². The largest absolute Gasteiger partial charge is 0.343 e. The topological polar surface area (TPSA) is 62.3 Å². The molecule has 1 fully saturated rings. The van der Waals surface area contributed by atoms with Crippen molar-refractivity contribution in [3.05, 3.63) is 16.6 Å². The van der Waals surface area contributed by atoms with E-state index in [-0.39, 0.29) is 17.9 Å². The van der Waals surface area contributed by atoms with Crippen LogP contribution in [0.5, 0.6) is 0 Å². The second-order valence-corrected chi connectivity index (χ2v) is 6.83. The van der Waals surface area contributed by atoms with Gasteiger partial charge in [-0.2, -0.15) is 0 Å². The van der Waals surface area contributed by atoms with E-state index in [1.54, 1.807) is 18.0 Å². The number of hydrogen-bond donors (Lipinski definition) is 1. The van der Waals surface area contributed by atoms with Crippen LogP contribution in [0.1, 0.15) is 51.6 Å². The van der Waals surface area contributed by atoms with Gasteiger partial charge in [0.25, 0.3) is 0 Å². The maximum absolute atomic E-state index is 12.8. The fourth-order valence-corrected chi connectivity index (χ4v) is 3.62. The Morgan fingerprint density at radius 1 is 1.43 bits per heavy atom. The SMILES string of the molecule is CCC(c1nccs1)N1C(=O)C(CC(C)C)NC(=O)C1C. The molecule has 2 rings (SSSR count). The first kappa shape index (κ1) is 15.9. The van der Waals surface area contributed by atoms with Gasteiger partial charge in [0.05, 0.1) is 6.04 Å². The molecule has 1 saturated heterocycles. The van der Waals surface area contributed by atoms with E-state index in [9.17, 15) is 9.59 Å². The third kappa shape index (κ3) is 3.26. The van der Waals surface area contributed by atoms with Crippen molar-refractivity contribution in [3.8, 4) is 0 Å². The summed E-state index contributed by atoms with van der Waals surface area (Å²) in [4.78, 5) is 31.1.